The minimum absolute atomic E-state index is 0.0559. The third-order valence-electron chi connectivity index (χ3n) is 4.89. The number of hydrogen-bond acceptors (Lipinski definition) is 6. The molecule has 0 radical (unpaired) electrons. The molecule has 0 amide bonds. The van der Waals surface area contributed by atoms with Crippen molar-refractivity contribution in [3.8, 4) is 17.1 Å². The SMILES string of the molecule is Cc1cccc(-c2noc(Cn3c(=O)n(-c4ccccc4F)c(=O)c4sccc43)n2)c1. The molecule has 0 bridgehead atoms. The van der Waals surface area contributed by atoms with Gasteiger partial charge in [0.15, 0.2) is 0 Å². The molecule has 0 fully saturated rings. The lowest BCUT2D eigenvalue weighted by Crippen LogP contribution is -2.39. The van der Waals surface area contributed by atoms with E-state index in [1.54, 1.807) is 17.5 Å². The topological polar surface area (TPSA) is 82.9 Å². The maximum Gasteiger partial charge on any atom is 0.336 e. The van der Waals surface area contributed by atoms with Gasteiger partial charge in [0.2, 0.25) is 11.7 Å². The Kier molecular flexibility index (Phi) is 4.59. The molecule has 9 heteroatoms. The summed E-state index contributed by atoms with van der Waals surface area (Å²) in [7, 11) is 0. The lowest BCUT2D eigenvalue weighted by Gasteiger charge is -2.11. The fraction of sp³-hybridized carbons (Fsp3) is 0.0909. The van der Waals surface area contributed by atoms with Crippen LogP contribution < -0.4 is 11.2 Å². The summed E-state index contributed by atoms with van der Waals surface area (Å²) in [5.41, 5.74) is 0.922. The molecule has 2 aromatic carbocycles. The van der Waals surface area contributed by atoms with Crippen LogP contribution in [0.4, 0.5) is 4.39 Å². The molecule has 0 saturated heterocycles. The summed E-state index contributed by atoms with van der Waals surface area (Å²) in [6.07, 6.45) is 0. The van der Waals surface area contributed by atoms with Gasteiger partial charge in [0.25, 0.3) is 5.56 Å². The van der Waals surface area contributed by atoms with Crippen LogP contribution in [0.25, 0.3) is 27.3 Å². The quantitative estimate of drug-likeness (QED) is 0.430. The number of fused-ring (bicyclic) bond motifs is 1. The van der Waals surface area contributed by atoms with E-state index < -0.39 is 17.1 Å². The third kappa shape index (κ3) is 3.28. The first-order valence-corrected chi connectivity index (χ1v) is 10.3. The molecule has 154 valence electrons. The van der Waals surface area contributed by atoms with Gasteiger partial charge in [-0.15, -0.1) is 11.3 Å². The number of thiophene rings is 1. The number of rotatable bonds is 4. The Hall–Kier alpha value is -3.85. The van der Waals surface area contributed by atoms with Crippen LogP contribution in [0.1, 0.15) is 11.5 Å². The Morgan fingerprint density at radius 2 is 1.94 bits per heavy atom. The maximum atomic E-state index is 14.4. The summed E-state index contributed by atoms with van der Waals surface area (Å²) < 4.78 is 22.3. The summed E-state index contributed by atoms with van der Waals surface area (Å²) in [6.45, 7) is 1.91. The summed E-state index contributed by atoms with van der Waals surface area (Å²) in [5, 5.41) is 5.71. The number of hydrogen-bond donors (Lipinski definition) is 0. The van der Waals surface area contributed by atoms with Crippen LogP contribution in [0, 0.1) is 12.7 Å². The first-order chi connectivity index (χ1) is 15.0. The van der Waals surface area contributed by atoms with Crippen molar-refractivity contribution < 1.29 is 8.91 Å². The van der Waals surface area contributed by atoms with Crippen molar-refractivity contribution in [3.05, 3.63) is 98.1 Å². The molecule has 0 spiro atoms. The second-order valence-electron chi connectivity index (χ2n) is 6.98. The van der Waals surface area contributed by atoms with Crippen molar-refractivity contribution in [2.75, 3.05) is 0 Å². The van der Waals surface area contributed by atoms with Gasteiger partial charge < -0.3 is 4.52 Å². The number of para-hydroxylation sites is 1. The highest BCUT2D eigenvalue weighted by Gasteiger charge is 2.19. The predicted molar refractivity (Wildman–Crippen MR) is 115 cm³/mol. The summed E-state index contributed by atoms with van der Waals surface area (Å²) in [4.78, 5) is 30.6. The Morgan fingerprint density at radius 1 is 1.10 bits per heavy atom. The summed E-state index contributed by atoms with van der Waals surface area (Å²) in [6, 6.07) is 15.0. The van der Waals surface area contributed by atoms with Gasteiger partial charge in [0.05, 0.1) is 11.2 Å². The molecule has 5 rings (SSSR count). The van der Waals surface area contributed by atoms with Crippen molar-refractivity contribution in [1.82, 2.24) is 19.3 Å². The van der Waals surface area contributed by atoms with E-state index in [1.165, 1.54) is 34.1 Å². The molecule has 3 aromatic heterocycles. The molecule has 0 atom stereocenters. The number of aryl methyl sites for hydroxylation is 1. The van der Waals surface area contributed by atoms with E-state index in [0.717, 1.165) is 15.7 Å². The first kappa shape index (κ1) is 19.1. The van der Waals surface area contributed by atoms with Crippen molar-refractivity contribution in [2.24, 2.45) is 0 Å². The molecule has 0 aliphatic carbocycles. The van der Waals surface area contributed by atoms with Gasteiger partial charge in [-0.2, -0.15) is 4.98 Å². The maximum absolute atomic E-state index is 14.4. The lowest BCUT2D eigenvalue weighted by molar-refractivity contribution is 0.370. The Labute approximate surface area is 178 Å². The van der Waals surface area contributed by atoms with E-state index in [0.29, 0.717) is 16.0 Å². The minimum Gasteiger partial charge on any atom is -0.337 e. The highest BCUT2D eigenvalue weighted by atomic mass is 32.1. The van der Waals surface area contributed by atoms with Gasteiger partial charge in [-0.3, -0.25) is 9.36 Å². The van der Waals surface area contributed by atoms with E-state index >= 15 is 0 Å². The Bertz CT molecular complexity index is 1550. The third-order valence-corrected chi connectivity index (χ3v) is 5.78. The molecule has 0 unspecified atom stereocenters. The Morgan fingerprint density at radius 3 is 2.74 bits per heavy atom. The zero-order valence-corrected chi connectivity index (χ0v) is 17.1. The van der Waals surface area contributed by atoms with E-state index in [-0.39, 0.29) is 18.1 Å². The van der Waals surface area contributed by atoms with Crippen LogP contribution in [0.3, 0.4) is 0 Å². The van der Waals surface area contributed by atoms with Crippen LogP contribution in [-0.2, 0) is 6.54 Å². The van der Waals surface area contributed by atoms with Gasteiger partial charge >= 0.3 is 5.69 Å². The van der Waals surface area contributed by atoms with Crippen LogP contribution in [-0.4, -0.2) is 19.3 Å². The number of benzene rings is 2. The van der Waals surface area contributed by atoms with Crippen LogP contribution in [0.2, 0.25) is 0 Å². The van der Waals surface area contributed by atoms with Gasteiger partial charge in [0, 0.05) is 5.56 Å². The molecular weight excluding hydrogens is 419 g/mol. The minimum atomic E-state index is -0.684. The van der Waals surface area contributed by atoms with Crippen LogP contribution in [0.5, 0.6) is 0 Å². The molecule has 5 aromatic rings. The second-order valence-corrected chi connectivity index (χ2v) is 7.89. The van der Waals surface area contributed by atoms with E-state index in [1.807, 2.05) is 31.2 Å². The van der Waals surface area contributed by atoms with Gasteiger partial charge in [-0.1, -0.05) is 41.1 Å². The molecule has 0 aliphatic rings. The van der Waals surface area contributed by atoms with Crippen molar-refractivity contribution >= 4 is 21.6 Å². The van der Waals surface area contributed by atoms with Crippen molar-refractivity contribution in [3.63, 3.8) is 0 Å². The molecule has 7 nitrogen and oxygen atoms in total. The fourth-order valence-electron chi connectivity index (χ4n) is 3.44. The summed E-state index contributed by atoms with van der Waals surface area (Å²) in [5.74, 6) is -0.0655. The Balaban J connectivity index is 1.65. The van der Waals surface area contributed by atoms with E-state index in [9.17, 15) is 14.0 Å². The zero-order chi connectivity index (χ0) is 21.5. The molecule has 0 N–H and O–H groups in total. The molecule has 0 saturated carbocycles. The normalized spacial score (nSPS) is 11.3. The van der Waals surface area contributed by atoms with Gasteiger partial charge in [-0.25, -0.2) is 13.8 Å². The highest BCUT2D eigenvalue weighted by Crippen LogP contribution is 2.20. The van der Waals surface area contributed by atoms with Gasteiger partial charge in [0.1, 0.15) is 17.1 Å². The molecule has 3 heterocycles. The average Bonchev–Trinajstić information content (AvgIpc) is 3.42. The monoisotopic (exact) mass is 434 g/mol. The number of halogens is 1. The molecule has 0 aliphatic heterocycles. The van der Waals surface area contributed by atoms with Crippen LogP contribution >= 0.6 is 11.3 Å². The standard InChI is InChI=1S/C22H15FN4O3S/c1-13-5-4-6-14(11-13)20-24-18(30-25-20)12-26-17-9-10-31-19(17)21(28)27(22(26)29)16-8-3-2-7-15(16)23/h2-11H,12H2,1H3. The first-order valence-electron chi connectivity index (χ1n) is 9.40. The van der Waals surface area contributed by atoms with Crippen molar-refractivity contribution in [1.29, 1.82) is 0 Å². The molecular formula is C22H15FN4O3S. The van der Waals surface area contributed by atoms with E-state index in [4.69, 9.17) is 4.52 Å². The number of nitrogens with zero attached hydrogens (tertiary/aromatic N) is 4. The highest BCUT2D eigenvalue weighted by molar-refractivity contribution is 7.17. The lowest BCUT2D eigenvalue weighted by atomic mass is 10.1. The largest absolute Gasteiger partial charge is 0.337 e. The fourth-order valence-corrected chi connectivity index (χ4v) is 4.27. The second kappa shape index (κ2) is 7.44. The average molecular weight is 434 g/mol. The van der Waals surface area contributed by atoms with Gasteiger partial charge in [-0.05, 0) is 36.6 Å². The zero-order valence-electron chi connectivity index (χ0n) is 16.3. The van der Waals surface area contributed by atoms with E-state index in [2.05, 4.69) is 10.1 Å². The molecule has 31 heavy (non-hydrogen) atoms. The van der Waals surface area contributed by atoms with Crippen LogP contribution in [0.15, 0.2) is 74.1 Å². The smallest absolute Gasteiger partial charge is 0.336 e. The predicted octanol–water partition coefficient (Wildman–Crippen LogP) is 3.76. The number of aromatic nitrogens is 4. The summed E-state index contributed by atoms with van der Waals surface area (Å²) >= 11 is 1.18. The van der Waals surface area contributed by atoms with Crippen molar-refractivity contribution in [2.45, 2.75) is 13.5 Å².